The van der Waals surface area contributed by atoms with Gasteiger partial charge in [0.15, 0.2) is 0 Å². The van der Waals surface area contributed by atoms with Crippen molar-refractivity contribution in [2.45, 2.75) is 25.7 Å². The van der Waals surface area contributed by atoms with Gasteiger partial charge in [-0.15, -0.1) is 0 Å². The van der Waals surface area contributed by atoms with Gasteiger partial charge in [-0.25, -0.2) is 0 Å². The lowest BCUT2D eigenvalue weighted by molar-refractivity contribution is 0.375. The van der Waals surface area contributed by atoms with Crippen molar-refractivity contribution in [2.75, 3.05) is 13.1 Å². The molecule has 0 amide bonds. The minimum absolute atomic E-state index is 0.840. The van der Waals surface area contributed by atoms with Crippen molar-refractivity contribution in [1.82, 2.24) is 5.32 Å². The molecule has 0 atom stereocenters. The van der Waals surface area contributed by atoms with Gasteiger partial charge < -0.3 is 5.32 Å². The minimum atomic E-state index is 0.840. The van der Waals surface area contributed by atoms with Crippen LogP contribution in [0.25, 0.3) is 0 Å². The third-order valence-corrected chi connectivity index (χ3v) is 3.76. The summed E-state index contributed by atoms with van der Waals surface area (Å²) >= 11 is 0. The fourth-order valence-corrected chi connectivity index (χ4v) is 2.63. The smallest absolute Gasteiger partial charge is 0.00139 e. The van der Waals surface area contributed by atoms with E-state index >= 15 is 0 Å². The van der Waals surface area contributed by atoms with Gasteiger partial charge in [0.1, 0.15) is 0 Å². The first-order chi connectivity index (χ1) is 4.37. The van der Waals surface area contributed by atoms with Gasteiger partial charge in [0.2, 0.25) is 0 Å². The number of rotatable bonds is 0. The Morgan fingerprint density at radius 2 is 1.22 bits per heavy atom. The van der Waals surface area contributed by atoms with Gasteiger partial charge in [-0.1, -0.05) is 0 Å². The maximum atomic E-state index is 3.53. The van der Waals surface area contributed by atoms with Crippen LogP contribution in [0.5, 0.6) is 0 Å². The van der Waals surface area contributed by atoms with Crippen LogP contribution < -0.4 is 5.32 Å². The molecule has 9 heavy (non-hydrogen) atoms. The second-order valence-corrected chi connectivity index (χ2v) is 4.16. The molecule has 1 N–H and O–H groups in total. The van der Waals surface area contributed by atoms with E-state index in [1.165, 1.54) is 38.8 Å². The highest BCUT2D eigenvalue weighted by Crippen LogP contribution is 2.71. The van der Waals surface area contributed by atoms with Crippen LogP contribution in [0, 0.1) is 10.8 Å². The van der Waals surface area contributed by atoms with E-state index in [-0.39, 0.29) is 0 Å². The minimum Gasteiger partial charge on any atom is -0.316 e. The summed E-state index contributed by atoms with van der Waals surface area (Å²) < 4.78 is 0. The summed E-state index contributed by atoms with van der Waals surface area (Å²) in [6.45, 7) is 2.68. The van der Waals surface area contributed by atoms with Crippen molar-refractivity contribution in [3.8, 4) is 0 Å². The maximum absolute atomic E-state index is 3.53. The third kappa shape index (κ3) is 0.389. The first-order valence-electron chi connectivity index (χ1n) is 4.08. The van der Waals surface area contributed by atoms with Crippen molar-refractivity contribution in [1.29, 1.82) is 0 Å². The zero-order valence-corrected chi connectivity index (χ0v) is 5.74. The average Bonchev–Trinajstić information content (AvgIpc) is 2.51. The third-order valence-electron chi connectivity index (χ3n) is 3.76. The monoisotopic (exact) mass is 123 g/mol. The van der Waals surface area contributed by atoms with Crippen molar-refractivity contribution < 1.29 is 0 Å². The number of hydrogen-bond donors (Lipinski definition) is 1. The van der Waals surface area contributed by atoms with Crippen LogP contribution >= 0.6 is 0 Å². The summed E-state index contributed by atoms with van der Waals surface area (Å²) in [6, 6.07) is 0. The lowest BCUT2D eigenvalue weighted by Crippen LogP contribution is -2.13. The zero-order valence-electron chi connectivity index (χ0n) is 5.74. The summed E-state index contributed by atoms with van der Waals surface area (Å²) in [5.41, 5.74) is 1.68. The van der Waals surface area contributed by atoms with E-state index in [4.69, 9.17) is 0 Å². The number of fused-ring (bicyclic) bond motifs is 1. The summed E-state index contributed by atoms with van der Waals surface area (Å²) in [4.78, 5) is 0. The van der Waals surface area contributed by atoms with Gasteiger partial charge in [0, 0.05) is 13.1 Å². The molecule has 0 aromatic heterocycles. The Balaban J connectivity index is 2.00. The van der Waals surface area contributed by atoms with Crippen LogP contribution in [0.3, 0.4) is 0 Å². The quantitative estimate of drug-likeness (QED) is 0.509. The van der Waals surface area contributed by atoms with Crippen molar-refractivity contribution >= 4 is 0 Å². The first kappa shape index (κ1) is 4.73. The molecule has 0 unspecified atom stereocenters. The largest absolute Gasteiger partial charge is 0.316 e. The predicted octanol–water partition coefficient (Wildman–Crippen LogP) is 1.15. The normalized spacial score (nSPS) is 40.0. The number of nitrogens with one attached hydrogen (secondary N) is 1. The fraction of sp³-hybridized carbons (Fsp3) is 1.00. The Hall–Kier alpha value is -0.0400. The molecular weight excluding hydrogens is 110 g/mol. The Morgan fingerprint density at radius 3 is 1.56 bits per heavy atom. The van der Waals surface area contributed by atoms with Gasteiger partial charge in [0.05, 0.1) is 0 Å². The van der Waals surface area contributed by atoms with Crippen LogP contribution in [0.15, 0.2) is 0 Å². The molecular formula is C8H13N. The van der Waals surface area contributed by atoms with Gasteiger partial charge in [-0.05, 0) is 36.5 Å². The van der Waals surface area contributed by atoms with Crippen LogP contribution in [0.2, 0.25) is 0 Å². The highest BCUT2D eigenvalue weighted by atomic mass is 15.0. The molecule has 2 saturated carbocycles. The second-order valence-electron chi connectivity index (χ2n) is 4.16. The maximum Gasteiger partial charge on any atom is 0.00139 e. The summed E-state index contributed by atoms with van der Waals surface area (Å²) in [6.07, 6.45) is 6.11. The summed E-state index contributed by atoms with van der Waals surface area (Å²) in [5, 5.41) is 3.53. The fourth-order valence-electron chi connectivity index (χ4n) is 2.63. The molecule has 0 aromatic carbocycles. The SMILES string of the molecule is C1CC12CNCC21CC1. The molecule has 3 rings (SSSR count). The molecule has 2 aliphatic carbocycles. The van der Waals surface area contributed by atoms with Crippen LogP contribution in [-0.4, -0.2) is 13.1 Å². The Morgan fingerprint density at radius 1 is 0.778 bits per heavy atom. The van der Waals surface area contributed by atoms with Gasteiger partial charge in [-0.3, -0.25) is 0 Å². The van der Waals surface area contributed by atoms with Crippen molar-refractivity contribution in [2.24, 2.45) is 10.8 Å². The lowest BCUT2D eigenvalue weighted by Gasteiger charge is -2.13. The van der Waals surface area contributed by atoms with Gasteiger partial charge in [-0.2, -0.15) is 0 Å². The topological polar surface area (TPSA) is 12.0 Å². The molecule has 2 spiro atoms. The van der Waals surface area contributed by atoms with Crippen molar-refractivity contribution in [3.63, 3.8) is 0 Å². The van der Waals surface area contributed by atoms with E-state index in [2.05, 4.69) is 5.32 Å². The molecule has 50 valence electrons. The molecule has 0 radical (unpaired) electrons. The molecule has 1 heteroatoms. The Bertz CT molecular complexity index is 136. The average molecular weight is 123 g/mol. The first-order valence-corrected chi connectivity index (χ1v) is 4.08. The molecule has 1 saturated heterocycles. The highest BCUT2D eigenvalue weighted by molar-refractivity contribution is 5.19. The van der Waals surface area contributed by atoms with Crippen LogP contribution in [0.1, 0.15) is 25.7 Å². The summed E-state index contributed by atoms with van der Waals surface area (Å²) in [7, 11) is 0. The van der Waals surface area contributed by atoms with E-state index in [1.54, 1.807) is 0 Å². The molecule has 3 aliphatic rings. The van der Waals surface area contributed by atoms with Crippen molar-refractivity contribution in [3.05, 3.63) is 0 Å². The van der Waals surface area contributed by atoms with E-state index in [1.807, 2.05) is 0 Å². The van der Waals surface area contributed by atoms with E-state index in [0.717, 1.165) is 10.8 Å². The van der Waals surface area contributed by atoms with Crippen LogP contribution in [0.4, 0.5) is 0 Å². The zero-order chi connectivity index (χ0) is 5.95. The van der Waals surface area contributed by atoms with E-state index in [0.29, 0.717) is 0 Å². The van der Waals surface area contributed by atoms with Gasteiger partial charge in [0.25, 0.3) is 0 Å². The molecule has 1 heterocycles. The van der Waals surface area contributed by atoms with Gasteiger partial charge >= 0.3 is 0 Å². The predicted molar refractivity (Wildman–Crippen MR) is 36.2 cm³/mol. The summed E-state index contributed by atoms with van der Waals surface area (Å²) in [5.74, 6) is 0. The number of hydrogen-bond acceptors (Lipinski definition) is 1. The second kappa shape index (κ2) is 1.07. The van der Waals surface area contributed by atoms with E-state index < -0.39 is 0 Å². The molecule has 0 bridgehead atoms. The molecule has 3 fully saturated rings. The standard InChI is InChI=1S/C8H13N/c1-2-7(1)5-9-6-8(7)3-4-8/h9H,1-6H2. The Kier molecular flexibility index (Phi) is 0.563. The Labute approximate surface area is 55.8 Å². The molecule has 1 aliphatic heterocycles. The van der Waals surface area contributed by atoms with Crippen LogP contribution in [-0.2, 0) is 0 Å². The lowest BCUT2D eigenvalue weighted by atomic mass is 9.90. The molecule has 1 nitrogen and oxygen atoms in total. The van der Waals surface area contributed by atoms with E-state index in [9.17, 15) is 0 Å². The highest BCUT2D eigenvalue weighted by Gasteiger charge is 2.67. The molecule has 0 aromatic rings.